The van der Waals surface area contributed by atoms with Crippen LogP contribution in [0, 0.1) is 0 Å². The Morgan fingerprint density at radius 3 is 2.86 bits per heavy atom. The fourth-order valence-electron chi connectivity index (χ4n) is 0.948. The minimum absolute atomic E-state index is 0.432. The standard InChI is InChI=1S/C10H13NO3/c1-7(12)10(13)11-8-4-3-5-9(6-8)14-2/h3-7,12H,1-2H3,(H,11,13). The quantitative estimate of drug-likeness (QED) is 0.756. The number of nitrogens with one attached hydrogen (secondary N) is 1. The predicted octanol–water partition coefficient (Wildman–Crippen LogP) is 1.01. The van der Waals surface area contributed by atoms with E-state index >= 15 is 0 Å². The summed E-state index contributed by atoms with van der Waals surface area (Å²) in [4.78, 5) is 11.1. The van der Waals surface area contributed by atoms with Crippen LogP contribution in [0.3, 0.4) is 0 Å². The summed E-state index contributed by atoms with van der Waals surface area (Å²) in [6.45, 7) is 1.41. The van der Waals surface area contributed by atoms with Crippen molar-refractivity contribution >= 4 is 11.6 Å². The van der Waals surface area contributed by atoms with Crippen molar-refractivity contribution in [1.82, 2.24) is 0 Å². The first-order valence-corrected chi connectivity index (χ1v) is 4.26. The van der Waals surface area contributed by atoms with Crippen molar-refractivity contribution in [2.24, 2.45) is 0 Å². The first-order chi connectivity index (χ1) is 6.63. The maximum Gasteiger partial charge on any atom is 0.252 e. The molecule has 0 aliphatic rings. The molecule has 1 aromatic rings. The van der Waals surface area contributed by atoms with E-state index in [9.17, 15) is 4.79 Å². The molecule has 0 fully saturated rings. The zero-order valence-electron chi connectivity index (χ0n) is 8.15. The van der Waals surface area contributed by atoms with Crippen LogP contribution in [0.25, 0.3) is 0 Å². The molecule has 0 spiro atoms. The topological polar surface area (TPSA) is 58.6 Å². The van der Waals surface area contributed by atoms with Crippen LogP contribution in [0.4, 0.5) is 5.69 Å². The number of carbonyl (C=O) groups excluding carboxylic acids is 1. The Balaban J connectivity index is 2.72. The maximum atomic E-state index is 11.1. The van der Waals surface area contributed by atoms with E-state index in [-0.39, 0.29) is 0 Å². The van der Waals surface area contributed by atoms with Crippen LogP contribution in [0.15, 0.2) is 24.3 Å². The largest absolute Gasteiger partial charge is 0.497 e. The highest BCUT2D eigenvalue weighted by molar-refractivity contribution is 5.93. The first kappa shape index (κ1) is 10.5. The normalized spacial score (nSPS) is 11.9. The number of carbonyl (C=O) groups is 1. The van der Waals surface area contributed by atoms with Crippen LogP contribution in [0.5, 0.6) is 5.75 Å². The van der Waals surface area contributed by atoms with E-state index in [4.69, 9.17) is 9.84 Å². The average molecular weight is 195 g/mol. The van der Waals surface area contributed by atoms with Crippen molar-refractivity contribution in [3.05, 3.63) is 24.3 Å². The zero-order valence-corrected chi connectivity index (χ0v) is 8.15. The molecule has 4 nitrogen and oxygen atoms in total. The lowest BCUT2D eigenvalue weighted by atomic mass is 10.3. The van der Waals surface area contributed by atoms with Gasteiger partial charge in [0.1, 0.15) is 11.9 Å². The summed E-state index contributed by atoms with van der Waals surface area (Å²) < 4.78 is 4.98. The molecule has 0 aromatic heterocycles. The van der Waals surface area contributed by atoms with Crippen molar-refractivity contribution in [1.29, 1.82) is 0 Å². The summed E-state index contributed by atoms with van der Waals surface area (Å²) in [6.07, 6.45) is -1.01. The summed E-state index contributed by atoms with van der Waals surface area (Å²) in [5.41, 5.74) is 0.607. The summed E-state index contributed by atoms with van der Waals surface area (Å²) in [7, 11) is 1.55. The van der Waals surface area contributed by atoms with Crippen molar-refractivity contribution < 1.29 is 14.6 Å². The lowest BCUT2D eigenvalue weighted by Gasteiger charge is -2.07. The smallest absolute Gasteiger partial charge is 0.252 e. The molecular formula is C10H13NO3. The average Bonchev–Trinajstić information content (AvgIpc) is 2.18. The molecule has 0 radical (unpaired) electrons. The van der Waals surface area contributed by atoms with Crippen LogP contribution < -0.4 is 10.1 Å². The molecule has 4 heteroatoms. The third-order valence-corrected chi connectivity index (χ3v) is 1.72. The Kier molecular flexibility index (Phi) is 3.48. The number of aliphatic hydroxyl groups is 1. The molecule has 1 aromatic carbocycles. The molecule has 2 N–H and O–H groups in total. The highest BCUT2D eigenvalue weighted by atomic mass is 16.5. The van der Waals surface area contributed by atoms with Crippen molar-refractivity contribution in [3.8, 4) is 5.75 Å². The number of aliphatic hydroxyl groups excluding tert-OH is 1. The zero-order chi connectivity index (χ0) is 10.6. The van der Waals surface area contributed by atoms with Gasteiger partial charge in [0.15, 0.2) is 0 Å². The monoisotopic (exact) mass is 195 g/mol. The first-order valence-electron chi connectivity index (χ1n) is 4.26. The van der Waals surface area contributed by atoms with Crippen LogP contribution >= 0.6 is 0 Å². The molecule has 1 rings (SSSR count). The van der Waals surface area contributed by atoms with E-state index in [0.717, 1.165) is 0 Å². The van der Waals surface area contributed by atoms with E-state index in [2.05, 4.69) is 5.32 Å². The number of hydrogen-bond acceptors (Lipinski definition) is 3. The minimum atomic E-state index is -1.01. The van der Waals surface area contributed by atoms with Gasteiger partial charge in [-0.25, -0.2) is 0 Å². The van der Waals surface area contributed by atoms with Gasteiger partial charge in [-0.2, -0.15) is 0 Å². The third kappa shape index (κ3) is 2.74. The molecule has 0 aliphatic heterocycles. The van der Waals surface area contributed by atoms with Gasteiger partial charge in [-0.1, -0.05) is 6.07 Å². The van der Waals surface area contributed by atoms with E-state index < -0.39 is 12.0 Å². The van der Waals surface area contributed by atoms with Gasteiger partial charge in [0.2, 0.25) is 0 Å². The molecular weight excluding hydrogens is 182 g/mol. The Hall–Kier alpha value is -1.55. The number of ether oxygens (including phenoxy) is 1. The molecule has 0 saturated carbocycles. The Labute approximate surface area is 82.5 Å². The van der Waals surface area contributed by atoms with Gasteiger partial charge >= 0.3 is 0 Å². The summed E-state index contributed by atoms with van der Waals surface area (Å²) >= 11 is 0. The third-order valence-electron chi connectivity index (χ3n) is 1.72. The molecule has 1 atom stereocenters. The van der Waals surface area contributed by atoms with Crippen LogP contribution in [-0.2, 0) is 4.79 Å². The molecule has 14 heavy (non-hydrogen) atoms. The van der Waals surface area contributed by atoms with Gasteiger partial charge < -0.3 is 15.2 Å². The molecule has 0 heterocycles. The van der Waals surface area contributed by atoms with Crippen molar-refractivity contribution in [2.45, 2.75) is 13.0 Å². The van der Waals surface area contributed by atoms with Gasteiger partial charge in [-0.05, 0) is 19.1 Å². The maximum absolute atomic E-state index is 11.1. The van der Waals surface area contributed by atoms with Gasteiger partial charge in [-0.15, -0.1) is 0 Å². The molecule has 1 amide bonds. The van der Waals surface area contributed by atoms with Gasteiger partial charge in [0, 0.05) is 11.8 Å². The second-order valence-electron chi connectivity index (χ2n) is 2.90. The SMILES string of the molecule is COc1cccc(NC(=O)C(C)O)c1. The Morgan fingerprint density at radius 1 is 1.57 bits per heavy atom. The number of anilines is 1. The highest BCUT2D eigenvalue weighted by Crippen LogP contribution is 2.16. The van der Waals surface area contributed by atoms with Crippen molar-refractivity contribution in [3.63, 3.8) is 0 Å². The van der Waals surface area contributed by atoms with Crippen molar-refractivity contribution in [2.75, 3.05) is 12.4 Å². The van der Waals surface area contributed by atoms with E-state index in [1.807, 2.05) is 0 Å². The lowest BCUT2D eigenvalue weighted by Crippen LogP contribution is -2.24. The van der Waals surface area contributed by atoms with Gasteiger partial charge in [0.25, 0.3) is 5.91 Å². The van der Waals surface area contributed by atoms with Gasteiger partial charge in [0.05, 0.1) is 7.11 Å². The molecule has 0 saturated heterocycles. The fourth-order valence-corrected chi connectivity index (χ4v) is 0.948. The summed E-state index contributed by atoms with van der Waals surface area (Å²) in [6, 6.07) is 6.94. The number of hydrogen-bond donors (Lipinski definition) is 2. The van der Waals surface area contributed by atoms with Crippen LogP contribution in [0.2, 0.25) is 0 Å². The van der Waals surface area contributed by atoms with Gasteiger partial charge in [-0.3, -0.25) is 4.79 Å². The summed E-state index contributed by atoms with van der Waals surface area (Å²) in [5.74, 6) is 0.228. The molecule has 76 valence electrons. The second kappa shape index (κ2) is 4.62. The second-order valence-corrected chi connectivity index (χ2v) is 2.90. The predicted molar refractivity (Wildman–Crippen MR) is 53.3 cm³/mol. The molecule has 1 unspecified atom stereocenters. The minimum Gasteiger partial charge on any atom is -0.497 e. The number of rotatable bonds is 3. The number of amides is 1. The van der Waals surface area contributed by atoms with E-state index in [1.165, 1.54) is 6.92 Å². The highest BCUT2D eigenvalue weighted by Gasteiger charge is 2.08. The van der Waals surface area contributed by atoms with E-state index in [1.54, 1.807) is 31.4 Å². The summed E-state index contributed by atoms with van der Waals surface area (Å²) in [5, 5.41) is 11.5. The van der Waals surface area contributed by atoms with Crippen LogP contribution in [-0.4, -0.2) is 24.2 Å². The fraction of sp³-hybridized carbons (Fsp3) is 0.300. The Morgan fingerprint density at radius 2 is 2.29 bits per heavy atom. The molecule has 0 bridgehead atoms. The number of methoxy groups -OCH3 is 1. The Bertz CT molecular complexity index is 323. The number of benzene rings is 1. The van der Waals surface area contributed by atoms with Crippen LogP contribution in [0.1, 0.15) is 6.92 Å². The van der Waals surface area contributed by atoms with E-state index in [0.29, 0.717) is 11.4 Å². The lowest BCUT2D eigenvalue weighted by molar-refractivity contribution is -0.123. The molecule has 0 aliphatic carbocycles.